The number of alkyl halides is 3. The summed E-state index contributed by atoms with van der Waals surface area (Å²) in [5, 5.41) is 0.653. The zero-order valence-corrected chi connectivity index (χ0v) is 14.0. The number of hydrogen-bond donors (Lipinski definition) is 0. The van der Waals surface area contributed by atoms with E-state index in [-0.39, 0.29) is 11.5 Å². The molecule has 1 heterocycles. The number of piperazine rings is 1. The lowest BCUT2D eigenvalue weighted by molar-refractivity contribution is -0.137. The summed E-state index contributed by atoms with van der Waals surface area (Å²) in [4.78, 5) is 16.2. The number of hydrogen-bond acceptors (Lipinski definition) is 2. The molecule has 3 rings (SSSR count). The Labute approximate surface area is 148 Å². The maximum Gasteiger partial charge on any atom is 0.416 e. The van der Waals surface area contributed by atoms with E-state index in [1.807, 2.05) is 18.2 Å². The Bertz CT molecular complexity index is 754. The predicted molar refractivity (Wildman–Crippen MR) is 91.0 cm³/mol. The summed E-state index contributed by atoms with van der Waals surface area (Å²) in [6.45, 7) is 2.30. The van der Waals surface area contributed by atoms with Gasteiger partial charge in [0.15, 0.2) is 0 Å². The van der Waals surface area contributed by atoms with E-state index in [0.29, 0.717) is 31.2 Å². The number of anilines is 1. The molecule has 1 fully saturated rings. The van der Waals surface area contributed by atoms with E-state index in [0.717, 1.165) is 17.8 Å². The van der Waals surface area contributed by atoms with Gasteiger partial charge in [0.1, 0.15) is 0 Å². The molecule has 0 unspecified atom stereocenters. The Morgan fingerprint density at radius 2 is 1.60 bits per heavy atom. The van der Waals surface area contributed by atoms with Gasteiger partial charge < -0.3 is 9.80 Å². The third-order valence-electron chi connectivity index (χ3n) is 4.20. The lowest BCUT2D eigenvalue weighted by Crippen LogP contribution is -2.48. The summed E-state index contributed by atoms with van der Waals surface area (Å²) in [5.74, 6) is -0.250. The maximum absolute atomic E-state index is 12.6. The molecule has 3 nitrogen and oxygen atoms in total. The van der Waals surface area contributed by atoms with Gasteiger partial charge in [0.25, 0.3) is 5.91 Å². The van der Waals surface area contributed by atoms with Gasteiger partial charge in [-0.1, -0.05) is 17.7 Å². The number of carbonyl (C=O) groups is 1. The van der Waals surface area contributed by atoms with Crippen molar-refractivity contribution in [2.24, 2.45) is 0 Å². The fourth-order valence-electron chi connectivity index (χ4n) is 2.82. The van der Waals surface area contributed by atoms with Crippen LogP contribution in [0.25, 0.3) is 0 Å². The van der Waals surface area contributed by atoms with Gasteiger partial charge in [-0.3, -0.25) is 4.79 Å². The molecule has 132 valence electrons. The second-order valence-electron chi connectivity index (χ2n) is 5.83. The topological polar surface area (TPSA) is 23.6 Å². The minimum absolute atomic E-state index is 0.250. The third kappa shape index (κ3) is 4.07. The largest absolute Gasteiger partial charge is 0.416 e. The molecule has 1 aliphatic rings. The van der Waals surface area contributed by atoms with Crippen LogP contribution in [0, 0.1) is 0 Å². The zero-order chi connectivity index (χ0) is 18.0. The van der Waals surface area contributed by atoms with Crippen molar-refractivity contribution in [3.05, 3.63) is 64.7 Å². The molecule has 25 heavy (non-hydrogen) atoms. The van der Waals surface area contributed by atoms with Gasteiger partial charge in [-0.25, -0.2) is 0 Å². The van der Waals surface area contributed by atoms with Crippen molar-refractivity contribution in [1.29, 1.82) is 0 Å². The summed E-state index contributed by atoms with van der Waals surface area (Å²) >= 11 is 6.00. The van der Waals surface area contributed by atoms with Crippen LogP contribution >= 0.6 is 11.6 Å². The fraction of sp³-hybridized carbons (Fsp3) is 0.278. The molecular weight excluding hydrogens is 353 g/mol. The number of benzene rings is 2. The Morgan fingerprint density at radius 3 is 2.16 bits per heavy atom. The second-order valence-corrected chi connectivity index (χ2v) is 6.27. The molecular formula is C18H16ClF3N2O. The van der Waals surface area contributed by atoms with E-state index >= 15 is 0 Å². The van der Waals surface area contributed by atoms with Gasteiger partial charge in [0.2, 0.25) is 0 Å². The second kappa shape index (κ2) is 6.96. The average Bonchev–Trinajstić information content (AvgIpc) is 2.61. The number of amides is 1. The van der Waals surface area contributed by atoms with E-state index in [4.69, 9.17) is 11.6 Å². The quantitative estimate of drug-likeness (QED) is 0.788. The van der Waals surface area contributed by atoms with Gasteiger partial charge in [0, 0.05) is 42.5 Å². The molecule has 0 aliphatic carbocycles. The van der Waals surface area contributed by atoms with Gasteiger partial charge in [-0.2, -0.15) is 13.2 Å². The van der Waals surface area contributed by atoms with Crippen molar-refractivity contribution in [3.63, 3.8) is 0 Å². The van der Waals surface area contributed by atoms with E-state index in [2.05, 4.69) is 4.90 Å². The Hall–Kier alpha value is -2.21. The molecule has 0 bridgehead atoms. The molecule has 0 N–H and O–H groups in total. The molecule has 1 amide bonds. The van der Waals surface area contributed by atoms with Crippen LogP contribution in [0.4, 0.5) is 18.9 Å². The molecule has 0 spiro atoms. The van der Waals surface area contributed by atoms with Crippen molar-refractivity contribution >= 4 is 23.2 Å². The van der Waals surface area contributed by atoms with Crippen LogP contribution in [-0.4, -0.2) is 37.0 Å². The number of carbonyl (C=O) groups excluding carboxylic acids is 1. The van der Waals surface area contributed by atoms with Crippen molar-refractivity contribution in [2.75, 3.05) is 31.1 Å². The SMILES string of the molecule is O=C(c1ccc(C(F)(F)F)cc1)N1CCN(c2cccc(Cl)c2)CC1. The molecule has 0 atom stereocenters. The first-order chi connectivity index (χ1) is 11.8. The number of rotatable bonds is 2. The number of nitrogens with zero attached hydrogens (tertiary/aromatic N) is 2. The summed E-state index contributed by atoms with van der Waals surface area (Å²) in [7, 11) is 0. The molecule has 2 aromatic rings. The van der Waals surface area contributed by atoms with Crippen LogP contribution in [0.1, 0.15) is 15.9 Å². The highest BCUT2D eigenvalue weighted by Crippen LogP contribution is 2.29. The van der Waals surface area contributed by atoms with Gasteiger partial charge >= 0.3 is 6.18 Å². The molecule has 1 aliphatic heterocycles. The van der Waals surface area contributed by atoms with Crippen LogP contribution < -0.4 is 4.90 Å². The molecule has 0 saturated carbocycles. The Balaban J connectivity index is 1.63. The first-order valence-corrected chi connectivity index (χ1v) is 8.19. The summed E-state index contributed by atoms with van der Waals surface area (Å²) < 4.78 is 37.8. The fourth-order valence-corrected chi connectivity index (χ4v) is 3.01. The van der Waals surface area contributed by atoms with E-state index in [1.165, 1.54) is 12.1 Å². The highest BCUT2D eigenvalue weighted by molar-refractivity contribution is 6.30. The zero-order valence-electron chi connectivity index (χ0n) is 13.3. The van der Waals surface area contributed by atoms with Crippen molar-refractivity contribution in [3.8, 4) is 0 Å². The van der Waals surface area contributed by atoms with Crippen molar-refractivity contribution in [1.82, 2.24) is 4.90 Å². The Kier molecular flexibility index (Phi) is 4.90. The first-order valence-electron chi connectivity index (χ1n) is 7.81. The van der Waals surface area contributed by atoms with Crippen LogP contribution in [0.15, 0.2) is 48.5 Å². The summed E-state index contributed by atoms with van der Waals surface area (Å²) in [6.07, 6.45) is -4.40. The summed E-state index contributed by atoms with van der Waals surface area (Å²) in [6, 6.07) is 11.8. The molecule has 0 aromatic heterocycles. The van der Waals surface area contributed by atoms with Crippen molar-refractivity contribution in [2.45, 2.75) is 6.18 Å². The lowest BCUT2D eigenvalue weighted by atomic mass is 10.1. The third-order valence-corrected chi connectivity index (χ3v) is 4.43. The average molecular weight is 369 g/mol. The van der Waals surface area contributed by atoms with Gasteiger partial charge in [-0.15, -0.1) is 0 Å². The van der Waals surface area contributed by atoms with Crippen LogP contribution in [0.5, 0.6) is 0 Å². The highest BCUT2D eigenvalue weighted by Gasteiger charge is 2.30. The standard InChI is InChI=1S/C18H16ClF3N2O/c19-15-2-1-3-16(12-15)23-8-10-24(11-9-23)17(25)13-4-6-14(7-5-13)18(20,21)22/h1-7,12H,8-11H2. The molecule has 7 heteroatoms. The van der Waals surface area contributed by atoms with E-state index in [1.54, 1.807) is 11.0 Å². The predicted octanol–water partition coefficient (Wildman–Crippen LogP) is 4.32. The van der Waals surface area contributed by atoms with E-state index in [9.17, 15) is 18.0 Å². The molecule has 0 radical (unpaired) electrons. The normalized spacial score (nSPS) is 15.4. The van der Waals surface area contributed by atoms with E-state index < -0.39 is 11.7 Å². The lowest BCUT2D eigenvalue weighted by Gasteiger charge is -2.36. The van der Waals surface area contributed by atoms with Crippen LogP contribution in [-0.2, 0) is 6.18 Å². The molecule has 1 saturated heterocycles. The van der Waals surface area contributed by atoms with Gasteiger partial charge in [0.05, 0.1) is 5.56 Å². The van der Waals surface area contributed by atoms with Crippen LogP contribution in [0.2, 0.25) is 5.02 Å². The summed E-state index contributed by atoms with van der Waals surface area (Å²) in [5.41, 5.74) is 0.508. The highest BCUT2D eigenvalue weighted by atomic mass is 35.5. The number of halogens is 4. The first kappa shape index (κ1) is 17.6. The Morgan fingerprint density at radius 1 is 0.960 bits per heavy atom. The molecule has 2 aromatic carbocycles. The minimum atomic E-state index is -4.40. The minimum Gasteiger partial charge on any atom is -0.368 e. The van der Waals surface area contributed by atoms with Crippen molar-refractivity contribution < 1.29 is 18.0 Å². The smallest absolute Gasteiger partial charge is 0.368 e. The maximum atomic E-state index is 12.6. The van der Waals surface area contributed by atoms with Gasteiger partial charge in [-0.05, 0) is 42.5 Å². The van der Waals surface area contributed by atoms with Crippen LogP contribution in [0.3, 0.4) is 0 Å². The monoisotopic (exact) mass is 368 g/mol.